The highest BCUT2D eigenvalue weighted by Gasteiger charge is 2.19. The van der Waals surface area contributed by atoms with Crippen LogP contribution in [-0.4, -0.2) is 27.0 Å². The highest BCUT2D eigenvalue weighted by Crippen LogP contribution is 2.22. The normalized spacial score (nSPS) is 11.9. The third-order valence-electron chi connectivity index (χ3n) is 5.49. The summed E-state index contributed by atoms with van der Waals surface area (Å²) in [5.74, 6) is 1.66. The minimum absolute atomic E-state index is 0.134. The van der Waals surface area contributed by atoms with Crippen LogP contribution in [0.1, 0.15) is 47.6 Å². The Hall–Kier alpha value is -3.67. The number of aryl methyl sites for hydroxylation is 2. The molecule has 0 aliphatic rings. The number of imidazole rings is 1. The Balaban J connectivity index is 1.43. The van der Waals surface area contributed by atoms with E-state index in [-0.39, 0.29) is 11.9 Å². The standard InChI is InChI=1S/C26H28N4O2/c1-19-9-3-6-12-24(19)32-18-8-7-17-30-23-11-5-4-10-22(23)29-25(30)20(2)28-26(31)21-13-15-27-16-14-21/h3-6,9-16,20H,7-8,17-18H2,1-2H3,(H,28,31). The number of para-hydroxylation sites is 3. The van der Waals surface area contributed by atoms with Crippen molar-refractivity contribution >= 4 is 16.9 Å². The number of rotatable bonds is 9. The van der Waals surface area contributed by atoms with Crippen LogP contribution < -0.4 is 10.1 Å². The third-order valence-corrected chi connectivity index (χ3v) is 5.49. The number of fused-ring (bicyclic) bond motifs is 1. The summed E-state index contributed by atoms with van der Waals surface area (Å²) in [7, 11) is 0. The van der Waals surface area contributed by atoms with E-state index in [4.69, 9.17) is 9.72 Å². The van der Waals surface area contributed by atoms with E-state index >= 15 is 0 Å². The van der Waals surface area contributed by atoms with Gasteiger partial charge in [0.25, 0.3) is 5.91 Å². The molecule has 0 fully saturated rings. The molecule has 4 aromatic rings. The SMILES string of the molecule is Cc1ccccc1OCCCCn1c(C(C)NC(=O)c2ccncc2)nc2ccccc21. The Kier molecular flexibility index (Phi) is 6.80. The molecule has 2 aromatic heterocycles. The van der Waals surface area contributed by atoms with Gasteiger partial charge in [-0.15, -0.1) is 0 Å². The first-order valence-electron chi connectivity index (χ1n) is 11.0. The van der Waals surface area contributed by atoms with Gasteiger partial charge in [0.1, 0.15) is 11.6 Å². The van der Waals surface area contributed by atoms with Crippen molar-refractivity contribution < 1.29 is 9.53 Å². The van der Waals surface area contributed by atoms with Crippen LogP contribution in [0.5, 0.6) is 5.75 Å². The fourth-order valence-corrected chi connectivity index (χ4v) is 3.78. The van der Waals surface area contributed by atoms with Gasteiger partial charge >= 0.3 is 0 Å². The number of carbonyl (C=O) groups is 1. The van der Waals surface area contributed by atoms with Crippen molar-refractivity contribution in [1.29, 1.82) is 0 Å². The quantitative estimate of drug-likeness (QED) is 0.377. The summed E-state index contributed by atoms with van der Waals surface area (Å²) in [6, 6.07) is 19.3. The molecule has 2 heterocycles. The lowest BCUT2D eigenvalue weighted by molar-refractivity contribution is 0.0937. The van der Waals surface area contributed by atoms with E-state index in [0.717, 1.165) is 47.6 Å². The van der Waals surface area contributed by atoms with Gasteiger partial charge in [0.05, 0.1) is 23.7 Å². The lowest BCUT2D eigenvalue weighted by Crippen LogP contribution is -2.28. The van der Waals surface area contributed by atoms with Gasteiger partial charge in [-0.25, -0.2) is 4.98 Å². The van der Waals surface area contributed by atoms with Crippen LogP contribution in [0.2, 0.25) is 0 Å². The fraction of sp³-hybridized carbons (Fsp3) is 0.269. The molecule has 0 saturated carbocycles. The Labute approximate surface area is 188 Å². The molecular weight excluding hydrogens is 400 g/mol. The summed E-state index contributed by atoms with van der Waals surface area (Å²) in [5, 5.41) is 3.07. The van der Waals surface area contributed by atoms with Gasteiger partial charge in [-0.1, -0.05) is 30.3 Å². The predicted molar refractivity (Wildman–Crippen MR) is 126 cm³/mol. The number of aromatic nitrogens is 3. The van der Waals surface area contributed by atoms with Crippen molar-refractivity contribution in [3.8, 4) is 5.75 Å². The van der Waals surface area contributed by atoms with Crippen LogP contribution in [-0.2, 0) is 6.54 Å². The van der Waals surface area contributed by atoms with Crippen LogP contribution in [0.4, 0.5) is 0 Å². The van der Waals surface area contributed by atoms with Crippen molar-refractivity contribution in [2.24, 2.45) is 0 Å². The number of nitrogens with zero attached hydrogens (tertiary/aromatic N) is 3. The minimum atomic E-state index is -0.230. The van der Waals surface area contributed by atoms with E-state index in [1.807, 2.05) is 43.3 Å². The van der Waals surface area contributed by atoms with E-state index in [2.05, 4.69) is 33.9 Å². The molecule has 1 N–H and O–H groups in total. The molecule has 1 atom stereocenters. The maximum absolute atomic E-state index is 12.6. The Morgan fingerprint density at radius 2 is 1.78 bits per heavy atom. The fourth-order valence-electron chi connectivity index (χ4n) is 3.78. The number of hydrogen-bond donors (Lipinski definition) is 1. The van der Waals surface area contributed by atoms with E-state index < -0.39 is 0 Å². The Bertz CT molecular complexity index is 1190. The first-order chi connectivity index (χ1) is 15.6. The summed E-state index contributed by atoms with van der Waals surface area (Å²) in [5.41, 5.74) is 3.74. The molecule has 0 aliphatic heterocycles. The molecule has 164 valence electrons. The van der Waals surface area contributed by atoms with Gasteiger partial charge in [0, 0.05) is 24.5 Å². The molecule has 32 heavy (non-hydrogen) atoms. The third kappa shape index (κ3) is 4.97. The number of amides is 1. The predicted octanol–water partition coefficient (Wildman–Crippen LogP) is 5.09. The molecule has 6 heteroatoms. The number of carbonyl (C=O) groups excluding carboxylic acids is 1. The zero-order valence-corrected chi connectivity index (χ0v) is 18.5. The second-order valence-corrected chi connectivity index (χ2v) is 7.86. The number of nitrogens with one attached hydrogen (secondary N) is 1. The van der Waals surface area contributed by atoms with E-state index in [0.29, 0.717) is 12.2 Å². The van der Waals surface area contributed by atoms with E-state index in [1.54, 1.807) is 24.5 Å². The second kappa shape index (κ2) is 10.1. The largest absolute Gasteiger partial charge is 0.493 e. The maximum atomic E-state index is 12.6. The number of benzene rings is 2. The number of pyridine rings is 1. The highest BCUT2D eigenvalue weighted by atomic mass is 16.5. The molecule has 6 nitrogen and oxygen atoms in total. The molecule has 1 unspecified atom stereocenters. The average Bonchev–Trinajstić information content (AvgIpc) is 3.19. The van der Waals surface area contributed by atoms with Crippen LogP contribution in [0.3, 0.4) is 0 Å². The summed E-state index contributed by atoms with van der Waals surface area (Å²) in [6.07, 6.45) is 5.12. The molecule has 2 aromatic carbocycles. The maximum Gasteiger partial charge on any atom is 0.251 e. The highest BCUT2D eigenvalue weighted by molar-refractivity contribution is 5.94. The number of unbranched alkanes of at least 4 members (excludes halogenated alkanes) is 1. The average molecular weight is 429 g/mol. The number of ether oxygens (including phenoxy) is 1. The van der Waals surface area contributed by atoms with E-state index in [1.165, 1.54) is 0 Å². The second-order valence-electron chi connectivity index (χ2n) is 7.86. The topological polar surface area (TPSA) is 69.0 Å². The smallest absolute Gasteiger partial charge is 0.251 e. The molecule has 0 spiro atoms. The van der Waals surface area contributed by atoms with Crippen molar-refractivity contribution in [1.82, 2.24) is 19.9 Å². The van der Waals surface area contributed by atoms with Crippen LogP contribution in [0.25, 0.3) is 11.0 Å². The summed E-state index contributed by atoms with van der Waals surface area (Å²) in [6.45, 7) is 5.50. The summed E-state index contributed by atoms with van der Waals surface area (Å²) < 4.78 is 8.14. The molecule has 0 radical (unpaired) electrons. The van der Waals surface area contributed by atoms with Crippen molar-refractivity contribution in [2.45, 2.75) is 39.3 Å². The van der Waals surface area contributed by atoms with Gasteiger partial charge in [-0.2, -0.15) is 0 Å². The van der Waals surface area contributed by atoms with Gasteiger partial charge in [0.2, 0.25) is 0 Å². The van der Waals surface area contributed by atoms with Crippen LogP contribution in [0.15, 0.2) is 73.1 Å². The summed E-state index contributed by atoms with van der Waals surface area (Å²) in [4.78, 5) is 21.4. The first-order valence-corrected chi connectivity index (χ1v) is 11.0. The number of hydrogen-bond acceptors (Lipinski definition) is 4. The molecule has 1 amide bonds. The van der Waals surface area contributed by atoms with Crippen molar-refractivity contribution in [2.75, 3.05) is 6.61 Å². The van der Waals surface area contributed by atoms with Crippen molar-refractivity contribution in [3.05, 3.63) is 90.0 Å². The Morgan fingerprint density at radius 3 is 2.59 bits per heavy atom. The minimum Gasteiger partial charge on any atom is -0.493 e. The molecule has 4 rings (SSSR count). The van der Waals surface area contributed by atoms with Gasteiger partial charge in [-0.05, 0) is 62.6 Å². The van der Waals surface area contributed by atoms with Gasteiger partial charge < -0.3 is 14.6 Å². The van der Waals surface area contributed by atoms with E-state index in [9.17, 15) is 4.79 Å². The van der Waals surface area contributed by atoms with Gasteiger partial charge in [0.15, 0.2) is 0 Å². The Morgan fingerprint density at radius 1 is 1.03 bits per heavy atom. The van der Waals surface area contributed by atoms with Gasteiger partial charge in [-0.3, -0.25) is 9.78 Å². The first kappa shape index (κ1) is 21.6. The molecule has 0 aliphatic carbocycles. The summed E-state index contributed by atoms with van der Waals surface area (Å²) >= 11 is 0. The zero-order chi connectivity index (χ0) is 22.3. The monoisotopic (exact) mass is 428 g/mol. The van der Waals surface area contributed by atoms with Crippen molar-refractivity contribution in [3.63, 3.8) is 0 Å². The molecule has 0 bridgehead atoms. The lowest BCUT2D eigenvalue weighted by Gasteiger charge is -2.16. The van der Waals surface area contributed by atoms with Crippen LogP contribution in [0, 0.1) is 6.92 Å². The van der Waals surface area contributed by atoms with Crippen LogP contribution >= 0.6 is 0 Å². The molecule has 0 saturated heterocycles. The zero-order valence-electron chi connectivity index (χ0n) is 18.5. The molecular formula is C26H28N4O2. The lowest BCUT2D eigenvalue weighted by atomic mass is 10.2.